The lowest BCUT2D eigenvalue weighted by Gasteiger charge is -2.28. The van der Waals surface area contributed by atoms with Crippen molar-refractivity contribution in [2.75, 3.05) is 23.3 Å². The molecule has 4 nitrogen and oxygen atoms in total. The van der Waals surface area contributed by atoms with Crippen LogP contribution in [0.25, 0.3) is 0 Å². The van der Waals surface area contributed by atoms with E-state index in [4.69, 9.17) is 0 Å². The molecule has 0 amide bonds. The third kappa shape index (κ3) is 2.87. The summed E-state index contributed by atoms with van der Waals surface area (Å²) in [7, 11) is 0. The van der Waals surface area contributed by atoms with Gasteiger partial charge in [-0.2, -0.15) is 0 Å². The molecule has 94 valence electrons. The highest BCUT2D eigenvalue weighted by Crippen LogP contribution is 2.27. The van der Waals surface area contributed by atoms with Gasteiger partial charge in [-0.1, -0.05) is 12.8 Å². The summed E-state index contributed by atoms with van der Waals surface area (Å²) in [5.41, 5.74) is 0. The van der Waals surface area contributed by atoms with Gasteiger partial charge in [0, 0.05) is 25.2 Å². The predicted molar refractivity (Wildman–Crippen MR) is 71.5 cm³/mol. The van der Waals surface area contributed by atoms with Crippen LogP contribution >= 0.6 is 0 Å². The fourth-order valence-electron chi connectivity index (χ4n) is 2.61. The van der Waals surface area contributed by atoms with E-state index in [1.807, 2.05) is 0 Å². The first-order valence-electron chi connectivity index (χ1n) is 6.67. The fraction of sp³-hybridized carbons (Fsp3) is 0.692. The van der Waals surface area contributed by atoms with Crippen LogP contribution in [-0.4, -0.2) is 29.1 Å². The van der Waals surface area contributed by atoms with Gasteiger partial charge in [0.05, 0.1) is 0 Å². The first-order chi connectivity index (χ1) is 8.35. The quantitative estimate of drug-likeness (QED) is 0.850. The topological polar surface area (TPSA) is 41.0 Å². The number of rotatable bonds is 5. The van der Waals surface area contributed by atoms with Crippen LogP contribution in [0, 0.1) is 0 Å². The maximum Gasteiger partial charge on any atom is 0.134 e. The Morgan fingerprint density at radius 1 is 1.29 bits per heavy atom. The van der Waals surface area contributed by atoms with Crippen LogP contribution in [0.3, 0.4) is 0 Å². The van der Waals surface area contributed by atoms with Crippen LogP contribution in [0.5, 0.6) is 0 Å². The van der Waals surface area contributed by atoms with Crippen LogP contribution in [0.1, 0.15) is 39.5 Å². The average molecular weight is 234 g/mol. The Bertz CT molecular complexity index is 347. The summed E-state index contributed by atoms with van der Waals surface area (Å²) in [6.45, 7) is 6.20. The van der Waals surface area contributed by atoms with Crippen LogP contribution < -0.4 is 10.2 Å². The number of nitrogens with zero attached hydrogens (tertiary/aromatic N) is 3. The molecule has 1 N–H and O–H groups in total. The van der Waals surface area contributed by atoms with E-state index < -0.39 is 0 Å². The second-order valence-corrected chi connectivity index (χ2v) is 4.52. The monoisotopic (exact) mass is 234 g/mol. The van der Waals surface area contributed by atoms with E-state index >= 15 is 0 Å². The zero-order chi connectivity index (χ0) is 12.1. The molecule has 17 heavy (non-hydrogen) atoms. The van der Waals surface area contributed by atoms with Gasteiger partial charge in [0.1, 0.15) is 18.0 Å². The Morgan fingerprint density at radius 3 is 2.71 bits per heavy atom. The molecule has 1 aromatic rings. The Kier molecular flexibility index (Phi) is 4.18. The highest BCUT2D eigenvalue weighted by atomic mass is 15.2. The average Bonchev–Trinajstić information content (AvgIpc) is 2.85. The summed E-state index contributed by atoms with van der Waals surface area (Å²) in [4.78, 5) is 11.0. The van der Waals surface area contributed by atoms with Crippen molar-refractivity contribution in [3.05, 3.63) is 12.4 Å². The molecule has 0 aromatic carbocycles. The van der Waals surface area contributed by atoms with Crippen LogP contribution in [-0.2, 0) is 0 Å². The Morgan fingerprint density at radius 2 is 2.06 bits per heavy atom. The zero-order valence-corrected chi connectivity index (χ0v) is 10.8. The van der Waals surface area contributed by atoms with Crippen LogP contribution in [0.4, 0.5) is 11.6 Å². The minimum Gasteiger partial charge on any atom is -0.370 e. The normalized spacial score (nSPS) is 16.1. The molecule has 1 heterocycles. The van der Waals surface area contributed by atoms with Crippen molar-refractivity contribution in [2.24, 2.45) is 0 Å². The summed E-state index contributed by atoms with van der Waals surface area (Å²) >= 11 is 0. The minimum absolute atomic E-state index is 0.671. The molecule has 2 rings (SSSR count). The van der Waals surface area contributed by atoms with E-state index in [9.17, 15) is 0 Å². The number of nitrogens with one attached hydrogen (secondary N) is 1. The zero-order valence-electron chi connectivity index (χ0n) is 10.8. The molecule has 0 spiro atoms. The van der Waals surface area contributed by atoms with Crippen molar-refractivity contribution in [3.8, 4) is 0 Å². The molecule has 1 aliphatic rings. The number of aromatic nitrogens is 2. The lowest BCUT2D eigenvalue weighted by molar-refractivity contribution is 0.612. The lowest BCUT2D eigenvalue weighted by atomic mass is 10.2. The van der Waals surface area contributed by atoms with E-state index in [2.05, 4.69) is 40.1 Å². The predicted octanol–water partition coefficient (Wildman–Crippen LogP) is 2.68. The second kappa shape index (κ2) is 5.84. The summed E-state index contributed by atoms with van der Waals surface area (Å²) in [6.07, 6.45) is 6.96. The van der Waals surface area contributed by atoms with Gasteiger partial charge in [0.25, 0.3) is 0 Å². The number of hydrogen-bond donors (Lipinski definition) is 1. The third-order valence-corrected chi connectivity index (χ3v) is 3.41. The molecule has 1 aromatic heterocycles. The van der Waals surface area contributed by atoms with Gasteiger partial charge in [0.2, 0.25) is 0 Å². The molecule has 0 radical (unpaired) electrons. The second-order valence-electron chi connectivity index (χ2n) is 4.52. The van der Waals surface area contributed by atoms with E-state index in [0.29, 0.717) is 6.04 Å². The SMILES string of the molecule is CCNc1cc(N(CC)C2CCCC2)ncn1. The Balaban J connectivity index is 2.14. The van der Waals surface area contributed by atoms with Gasteiger partial charge in [-0.25, -0.2) is 9.97 Å². The van der Waals surface area contributed by atoms with Gasteiger partial charge >= 0.3 is 0 Å². The molecule has 0 atom stereocenters. The molecular weight excluding hydrogens is 212 g/mol. The first-order valence-corrected chi connectivity index (χ1v) is 6.67. The first kappa shape index (κ1) is 12.1. The van der Waals surface area contributed by atoms with E-state index in [1.54, 1.807) is 6.33 Å². The molecular formula is C13H22N4. The number of anilines is 2. The fourth-order valence-corrected chi connectivity index (χ4v) is 2.61. The number of hydrogen-bond acceptors (Lipinski definition) is 4. The maximum absolute atomic E-state index is 4.41. The van der Waals surface area contributed by atoms with Crippen molar-refractivity contribution < 1.29 is 0 Å². The van der Waals surface area contributed by atoms with Crippen LogP contribution in [0.2, 0.25) is 0 Å². The van der Waals surface area contributed by atoms with Gasteiger partial charge in [-0.15, -0.1) is 0 Å². The Labute approximate surface area is 103 Å². The molecule has 0 bridgehead atoms. The summed E-state index contributed by atoms with van der Waals surface area (Å²) in [5.74, 6) is 1.99. The van der Waals surface area contributed by atoms with Crippen molar-refractivity contribution >= 4 is 11.6 Å². The van der Waals surface area contributed by atoms with Gasteiger partial charge < -0.3 is 10.2 Å². The van der Waals surface area contributed by atoms with Crippen molar-refractivity contribution in [2.45, 2.75) is 45.6 Å². The minimum atomic E-state index is 0.671. The van der Waals surface area contributed by atoms with E-state index in [-0.39, 0.29) is 0 Å². The summed E-state index contributed by atoms with van der Waals surface area (Å²) < 4.78 is 0. The highest BCUT2D eigenvalue weighted by molar-refractivity contribution is 5.49. The van der Waals surface area contributed by atoms with E-state index in [1.165, 1.54) is 25.7 Å². The van der Waals surface area contributed by atoms with Crippen molar-refractivity contribution in [1.29, 1.82) is 0 Å². The third-order valence-electron chi connectivity index (χ3n) is 3.41. The molecule has 0 aliphatic heterocycles. The molecule has 0 saturated heterocycles. The smallest absolute Gasteiger partial charge is 0.134 e. The van der Waals surface area contributed by atoms with E-state index in [0.717, 1.165) is 24.7 Å². The molecule has 1 saturated carbocycles. The van der Waals surface area contributed by atoms with Gasteiger partial charge in [-0.05, 0) is 26.7 Å². The molecule has 1 fully saturated rings. The molecule has 4 heteroatoms. The van der Waals surface area contributed by atoms with Gasteiger partial charge in [0.15, 0.2) is 0 Å². The molecule has 0 unspecified atom stereocenters. The maximum atomic E-state index is 4.41. The summed E-state index contributed by atoms with van der Waals surface area (Å²) in [6, 6.07) is 2.73. The highest BCUT2D eigenvalue weighted by Gasteiger charge is 2.22. The lowest BCUT2D eigenvalue weighted by Crippen LogP contribution is -2.33. The van der Waals surface area contributed by atoms with Gasteiger partial charge in [-0.3, -0.25) is 0 Å². The van der Waals surface area contributed by atoms with Crippen molar-refractivity contribution in [1.82, 2.24) is 9.97 Å². The standard InChI is InChI=1S/C13H22N4/c1-3-14-12-9-13(16-10-15-12)17(4-2)11-7-5-6-8-11/h9-11H,3-8H2,1-2H3,(H,14,15,16). The summed E-state index contributed by atoms with van der Waals surface area (Å²) in [5, 5.41) is 3.24. The van der Waals surface area contributed by atoms with Crippen molar-refractivity contribution in [3.63, 3.8) is 0 Å². The Hall–Kier alpha value is -1.32. The molecule has 1 aliphatic carbocycles. The van der Waals surface area contributed by atoms with Crippen LogP contribution in [0.15, 0.2) is 12.4 Å². The largest absolute Gasteiger partial charge is 0.370 e.